The van der Waals surface area contributed by atoms with Crippen LogP contribution >= 0.6 is 34.5 Å². The first-order chi connectivity index (χ1) is 13.4. The third kappa shape index (κ3) is 4.28. The van der Waals surface area contributed by atoms with Crippen LogP contribution in [0.5, 0.6) is 0 Å². The quantitative estimate of drug-likeness (QED) is 0.321. The summed E-state index contributed by atoms with van der Waals surface area (Å²) in [6.45, 7) is 0. The first-order valence-electron chi connectivity index (χ1n) is 7.58. The van der Waals surface area contributed by atoms with Gasteiger partial charge in [-0.1, -0.05) is 41.4 Å². The van der Waals surface area contributed by atoms with E-state index in [1.54, 1.807) is 23.6 Å². The van der Waals surface area contributed by atoms with Gasteiger partial charge in [0, 0.05) is 17.0 Å². The molecule has 142 valence electrons. The Labute approximate surface area is 172 Å². The predicted octanol–water partition coefficient (Wildman–Crippen LogP) is 4.93. The van der Waals surface area contributed by atoms with E-state index in [-0.39, 0.29) is 11.3 Å². The second-order valence-electron chi connectivity index (χ2n) is 5.32. The maximum Gasteiger partial charge on any atom is 0.357 e. The lowest BCUT2D eigenvalue weighted by atomic mass is 10.1. The van der Waals surface area contributed by atoms with Crippen LogP contribution in [0.15, 0.2) is 52.9 Å². The summed E-state index contributed by atoms with van der Waals surface area (Å²) in [4.78, 5) is 26.3. The number of hydrazone groups is 1. The number of aliphatic carboxylic acids is 1. The maximum atomic E-state index is 11.6. The van der Waals surface area contributed by atoms with Gasteiger partial charge in [-0.15, -0.1) is 11.3 Å². The minimum atomic E-state index is -1.41. The zero-order valence-corrected chi connectivity index (χ0v) is 16.1. The summed E-state index contributed by atoms with van der Waals surface area (Å²) in [5.74, 6) is -1.41. The Morgan fingerprint density at radius 3 is 2.64 bits per heavy atom. The zero-order valence-electron chi connectivity index (χ0n) is 13.8. The molecule has 0 saturated carbocycles. The number of carboxylic acid groups (broad SMARTS) is 1. The van der Waals surface area contributed by atoms with Crippen LogP contribution in [-0.4, -0.2) is 26.7 Å². The number of nitrogens with zero attached hydrogens (tertiary/aromatic N) is 3. The summed E-state index contributed by atoms with van der Waals surface area (Å²) in [6, 6.07) is 10.5. The molecule has 0 fully saturated rings. The number of para-hydroxylation sites is 1. The Hall–Kier alpha value is -3.01. The summed E-state index contributed by atoms with van der Waals surface area (Å²) in [5, 5.41) is 27.2. The normalized spacial score (nSPS) is 11.3. The average Bonchev–Trinajstić information content (AvgIpc) is 3.13. The van der Waals surface area contributed by atoms with E-state index in [0.717, 1.165) is 5.56 Å². The Morgan fingerprint density at radius 2 is 1.96 bits per heavy atom. The Morgan fingerprint density at radius 1 is 1.21 bits per heavy atom. The Balaban J connectivity index is 1.89. The summed E-state index contributed by atoms with van der Waals surface area (Å²) < 4.78 is 0. The van der Waals surface area contributed by atoms with Crippen LogP contribution < -0.4 is 5.43 Å². The molecule has 2 aromatic carbocycles. The predicted molar refractivity (Wildman–Crippen MR) is 108 cm³/mol. The lowest BCUT2D eigenvalue weighted by Gasteiger charge is -2.03. The van der Waals surface area contributed by atoms with Crippen molar-refractivity contribution in [2.24, 2.45) is 5.10 Å². The second kappa shape index (κ2) is 8.34. The molecule has 0 spiro atoms. The van der Waals surface area contributed by atoms with E-state index in [1.807, 2.05) is 0 Å². The van der Waals surface area contributed by atoms with Gasteiger partial charge in [-0.3, -0.25) is 15.5 Å². The van der Waals surface area contributed by atoms with Crippen LogP contribution in [-0.2, 0) is 4.79 Å². The van der Waals surface area contributed by atoms with Crippen LogP contribution in [0, 0.1) is 10.1 Å². The summed E-state index contributed by atoms with van der Waals surface area (Å²) >= 11 is 13.1. The number of aromatic nitrogens is 1. The molecule has 11 heteroatoms. The van der Waals surface area contributed by atoms with Gasteiger partial charge in [0.1, 0.15) is 0 Å². The molecule has 0 saturated heterocycles. The molecule has 2 N–H and O–H groups in total. The van der Waals surface area contributed by atoms with Gasteiger partial charge >= 0.3 is 5.97 Å². The van der Waals surface area contributed by atoms with Crippen LogP contribution in [0.4, 0.5) is 10.8 Å². The van der Waals surface area contributed by atoms with Gasteiger partial charge in [-0.05, 0) is 18.2 Å². The summed E-state index contributed by atoms with van der Waals surface area (Å²) in [5.41, 5.74) is 2.87. The number of halogens is 2. The SMILES string of the molecule is O=C(O)C(=NNc1nc(-c2ccc(Cl)c(Cl)c2)cs1)c1ccccc1[N+](=O)[O-]. The molecular weight excluding hydrogens is 427 g/mol. The van der Waals surface area contributed by atoms with E-state index in [0.29, 0.717) is 20.9 Å². The van der Waals surface area contributed by atoms with Crippen molar-refractivity contribution in [3.63, 3.8) is 0 Å². The molecule has 3 aromatic rings. The molecule has 1 heterocycles. The second-order valence-corrected chi connectivity index (χ2v) is 6.99. The number of carboxylic acids is 1. The van der Waals surface area contributed by atoms with Crippen molar-refractivity contribution in [2.45, 2.75) is 0 Å². The van der Waals surface area contributed by atoms with Crippen molar-refractivity contribution in [3.05, 3.63) is 73.6 Å². The number of nitro benzene ring substituents is 1. The summed E-state index contributed by atoms with van der Waals surface area (Å²) in [7, 11) is 0. The molecule has 0 amide bonds. The monoisotopic (exact) mass is 436 g/mol. The van der Waals surface area contributed by atoms with Crippen molar-refractivity contribution >= 4 is 57.0 Å². The van der Waals surface area contributed by atoms with Crippen LogP contribution in [0.3, 0.4) is 0 Å². The van der Waals surface area contributed by atoms with E-state index in [9.17, 15) is 20.0 Å². The lowest BCUT2D eigenvalue weighted by Crippen LogP contribution is -2.17. The van der Waals surface area contributed by atoms with Crippen molar-refractivity contribution in [2.75, 3.05) is 5.43 Å². The van der Waals surface area contributed by atoms with Gasteiger partial charge in [-0.2, -0.15) is 5.10 Å². The third-order valence-electron chi connectivity index (χ3n) is 3.54. The number of hydrogen-bond acceptors (Lipinski definition) is 7. The van der Waals surface area contributed by atoms with Gasteiger partial charge in [0.15, 0.2) is 5.71 Å². The molecule has 0 unspecified atom stereocenters. The highest BCUT2D eigenvalue weighted by atomic mass is 35.5. The van der Waals surface area contributed by atoms with Gasteiger partial charge < -0.3 is 5.11 Å². The fourth-order valence-electron chi connectivity index (χ4n) is 2.27. The number of thiazole rings is 1. The van der Waals surface area contributed by atoms with Crippen LogP contribution in [0.2, 0.25) is 10.0 Å². The largest absolute Gasteiger partial charge is 0.476 e. The number of nitrogens with one attached hydrogen (secondary N) is 1. The molecule has 0 aliphatic carbocycles. The molecule has 8 nitrogen and oxygen atoms in total. The number of rotatable bonds is 6. The van der Waals surface area contributed by atoms with Crippen LogP contribution in [0.25, 0.3) is 11.3 Å². The smallest absolute Gasteiger partial charge is 0.357 e. The van der Waals surface area contributed by atoms with Gasteiger partial charge in [-0.25, -0.2) is 9.78 Å². The molecule has 0 radical (unpaired) electrons. The average molecular weight is 437 g/mol. The third-order valence-corrected chi connectivity index (χ3v) is 5.03. The van der Waals surface area contributed by atoms with E-state index < -0.39 is 16.6 Å². The van der Waals surface area contributed by atoms with E-state index in [2.05, 4.69) is 15.5 Å². The summed E-state index contributed by atoms with van der Waals surface area (Å²) in [6.07, 6.45) is 0. The minimum absolute atomic E-state index is 0.117. The highest BCUT2D eigenvalue weighted by Crippen LogP contribution is 2.30. The van der Waals surface area contributed by atoms with E-state index >= 15 is 0 Å². The van der Waals surface area contributed by atoms with Crippen molar-refractivity contribution < 1.29 is 14.8 Å². The molecule has 0 atom stereocenters. The molecule has 0 aliphatic rings. The first-order valence-corrected chi connectivity index (χ1v) is 9.22. The highest BCUT2D eigenvalue weighted by Gasteiger charge is 2.23. The number of benzene rings is 2. The fraction of sp³-hybridized carbons (Fsp3) is 0. The molecule has 0 bridgehead atoms. The highest BCUT2D eigenvalue weighted by molar-refractivity contribution is 7.14. The van der Waals surface area contributed by atoms with Gasteiger partial charge in [0.2, 0.25) is 5.13 Å². The number of anilines is 1. The van der Waals surface area contributed by atoms with Crippen molar-refractivity contribution in [3.8, 4) is 11.3 Å². The van der Waals surface area contributed by atoms with Crippen molar-refractivity contribution in [1.82, 2.24) is 4.98 Å². The fourth-order valence-corrected chi connectivity index (χ4v) is 3.23. The standard InChI is InChI=1S/C17H10Cl2N4O4S/c18-11-6-5-9(7-12(11)19)13-8-28-17(20-13)22-21-15(16(24)25)10-3-1-2-4-14(10)23(26)27/h1-8H,(H,20,22)(H,24,25). The number of carbonyl (C=O) groups is 1. The molecule has 3 rings (SSSR count). The maximum absolute atomic E-state index is 11.6. The van der Waals surface area contributed by atoms with E-state index in [4.69, 9.17) is 23.2 Å². The molecule has 1 aromatic heterocycles. The van der Waals surface area contributed by atoms with Crippen molar-refractivity contribution in [1.29, 1.82) is 0 Å². The molecule has 28 heavy (non-hydrogen) atoms. The Kier molecular flexibility index (Phi) is 5.88. The lowest BCUT2D eigenvalue weighted by molar-refractivity contribution is -0.385. The minimum Gasteiger partial charge on any atom is -0.476 e. The zero-order chi connectivity index (χ0) is 20.3. The molecular formula is C17H10Cl2N4O4S. The Bertz CT molecular complexity index is 1100. The number of hydrogen-bond donors (Lipinski definition) is 2. The van der Waals surface area contributed by atoms with Crippen LogP contribution in [0.1, 0.15) is 5.56 Å². The topological polar surface area (TPSA) is 118 Å². The van der Waals surface area contributed by atoms with E-state index in [1.165, 1.54) is 35.6 Å². The molecule has 0 aliphatic heterocycles. The van der Waals surface area contributed by atoms with Gasteiger partial charge in [0.25, 0.3) is 5.69 Å². The van der Waals surface area contributed by atoms with Gasteiger partial charge in [0.05, 0.1) is 26.2 Å². The number of nitro groups is 1. The first kappa shape index (κ1) is 19.7.